The maximum atomic E-state index is 12.2. The van der Waals surface area contributed by atoms with Crippen molar-refractivity contribution in [3.8, 4) is 5.69 Å². The summed E-state index contributed by atoms with van der Waals surface area (Å²) in [6, 6.07) is 9.92. The molecule has 0 saturated carbocycles. The van der Waals surface area contributed by atoms with Crippen molar-refractivity contribution in [3.63, 3.8) is 0 Å². The first-order chi connectivity index (χ1) is 12.0. The number of carbonyl (C=O) groups excluding carboxylic acids is 2. The molecular weight excluding hydrogens is 316 g/mol. The molecule has 6 heteroatoms. The first kappa shape index (κ1) is 17.2. The maximum absolute atomic E-state index is 12.2. The third kappa shape index (κ3) is 4.07. The van der Waals surface area contributed by atoms with Gasteiger partial charge in [-0.3, -0.25) is 9.59 Å². The minimum atomic E-state index is -0.126. The highest BCUT2D eigenvalue weighted by Gasteiger charge is 2.20. The molecule has 0 aliphatic carbocycles. The number of hydrogen-bond acceptors (Lipinski definition) is 3. The van der Waals surface area contributed by atoms with Crippen LogP contribution in [0.4, 0.5) is 0 Å². The molecule has 2 amide bonds. The van der Waals surface area contributed by atoms with Gasteiger partial charge in [-0.1, -0.05) is 18.2 Å². The number of para-hydroxylation sites is 1. The van der Waals surface area contributed by atoms with Gasteiger partial charge in [0.25, 0.3) is 0 Å². The minimum Gasteiger partial charge on any atom is -0.350 e. The van der Waals surface area contributed by atoms with Gasteiger partial charge in [0.2, 0.25) is 11.8 Å². The SMILES string of the molecule is Cc1cc(C)n(-c2ccccc2CNC(=O)CN2CCCCC2=O)n1. The van der Waals surface area contributed by atoms with Crippen molar-refractivity contribution in [2.75, 3.05) is 13.1 Å². The highest BCUT2D eigenvalue weighted by molar-refractivity contribution is 5.85. The third-order valence-corrected chi connectivity index (χ3v) is 4.46. The van der Waals surface area contributed by atoms with Crippen molar-refractivity contribution in [1.29, 1.82) is 0 Å². The van der Waals surface area contributed by atoms with E-state index >= 15 is 0 Å². The van der Waals surface area contributed by atoms with Gasteiger partial charge in [-0.15, -0.1) is 0 Å². The summed E-state index contributed by atoms with van der Waals surface area (Å²) in [5.74, 6) is -0.0529. The standard InChI is InChI=1S/C19H24N4O2/c1-14-11-15(2)23(21-14)17-8-4-3-7-16(17)12-20-18(24)13-22-10-6-5-9-19(22)25/h3-4,7-8,11H,5-6,9-10,12-13H2,1-2H3,(H,20,24). The molecule has 1 saturated heterocycles. The molecule has 1 aliphatic rings. The molecule has 2 heterocycles. The van der Waals surface area contributed by atoms with E-state index in [-0.39, 0.29) is 18.4 Å². The van der Waals surface area contributed by atoms with Crippen LogP contribution in [0.15, 0.2) is 30.3 Å². The van der Waals surface area contributed by atoms with E-state index in [1.165, 1.54) is 0 Å². The lowest BCUT2D eigenvalue weighted by Crippen LogP contribution is -2.42. The van der Waals surface area contributed by atoms with E-state index in [4.69, 9.17) is 0 Å². The van der Waals surface area contributed by atoms with Gasteiger partial charge in [-0.2, -0.15) is 5.10 Å². The predicted octanol–water partition coefficient (Wildman–Crippen LogP) is 2.12. The Bertz CT molecular complexity index is 781. The zero-order valence-corrected chi connectivity index (χ0v) is 14.8. The number of piperidine rings is 1. The van der Waals surface area contributed by atoms with E-state index in [0.717, 1.165) is 35.5 Å². The predicted molar refractivity (Wildman–Crippen MR) is 95.3 cm³/mol. The van der Waals surface area contributed by atoms with Crippen LogP contribution in [-0.4, -0.2) is 39.6 Å². The lowest BCUT2D eigenvalue weighted by Gasteiger charge is -2.26. The third-order valence-electron chi connectivity index (χ3n) is 4.46. The van der Waals surface area contributed by atoms with Crippen molar-refractivity contribution in [2.45, 2.75) is 39.7 Å². The second-order valence-corrected chi connectivity index (χ2v) is 6.52. The van der Waals surface area contributed by atoms with Gasteiger partial charge in [-0.05, 0) is 44.4 Å². The molecule has 132 valence electrons. The topological polar surface area (TPSA) is 67.2 Å². The fourth-order valence-electron chi connectivity index (χ4n) is 3.19. The zero-order valence-electron chi connectivity index (χ0n) is 14.8. The number of aryl methyl sites for hydroxylation is 2. The van der Waals surface area contributed by atoms with Crippen molar-refractivity contribution < 1.29 is 9.59 Å². The molecule has 2 aromatic rings. The summed E-state index contributed by atoms with van der Waals surface area (Å²) in [6.07, 6.45) is 2.45. The molecular formula is C19H24N4O2. The van der Waals surface area contributed by atoms with Gasteiger partial charge < -0.3 is 10.2 Å². The number of nitrogens with zero attached hydrogens (tertiary/aromatic N) is 3. The molecule has 0 unspecified atom stereocenters. The van der Waals surface area contributed by atoms with Crippen LogP contribution >= 0.6 is 0 Å². The van der Waals surface area contributed by atoms with E-state index in [9.17, 15) is 9.59 Å². The minimum absolute atomic E-state index is 0.0736. The van der Waals surface area contributed by atoms with Crippen LogP contribution in [0.5, 0.6) is 0 Å². The molecule has 0 spiro atoms. The molecule has 0 radical (unpaired) electrons. The number of aromatic nitrogens is 2. The van der Waals surface area contributed by atoms with Gasteiger partial charge in [0.05, 0.1) is 17.9 Å². The summed E-state index contributed by atoms with van der Waals surface area (Å²) in [4.78, 5) is 25.7. The molecule has 0 atom stereocenters. The van der Waals surface area contributed by atoms with Crippen LogP contribution in [0.3, 0.4) is 0 Å². The van der Waals surface area contributed by atoms with E-state index in [2.05, 4.69) is 10.4 Å². The number of hydrogen-bond donors (Lipinski definition) is 1. The summed E-state index contributed by atoms with van der Waals surface area (Å²) in [7, 11) is 0. The fraction of sp³-hybridized carbons (Fsp3) is 0.421. The Morgan fingerprint density at radius 1 is 1.24 bits per heavy atom. The monoisotopic (exact) mass is 340 g/mol. The Hall–Kier alpha value is -2.63. The summed E-state index contributed by atoms with van der Waals surface area (Å²) < 4.78 is 1.89. The average molecular weight is 340 g/mol. The Morgan fingerprint density at radius 2 is 2.04 bits per heavy atom. The zero-order chi connectivity index (χ0) is 17.8. The molecule has 25 heavy (non-hydrogen) atoms. The first-order valence-corrected chi connectivity index (χ1v) is 8.70. The van der Waals surface area contributed by atoms with E-state index in [1.807, 2.05) is 48.9 Å². The normalized spacial score (nSPS) is 14.6. The molecule has 1 aliphatic heterocycles. The van der Waals surface area contributed by atoms with Crippen molar-refractivity contribution >= 4 is 11.8 Å². The van der Waals surface area contributed by atoms with Gasteiger partial charge in [0.1, 0.15) is 0 Å². The average Bonchev–Trinajstić information content (AvgIpc) is 2.93. The number of amides is 2. The van der Waals surface area contributed by atoms with Gasteiger partial charge >= 0.3 is 0 Å². The van der Waals surface area contributed by atoms with Crippen molar-refractivity contribution in [1.82, 2.24) is 20.0 Å². The molecule has 3 rings (SSSR count). The Balaban J connectivity index is 1.66. The molecule has 1 aromatic carbocycles. The van der Waals surface area contributed by atoms with E-state index in [1.54, 1.807) is 4.90 Å². The Labute approximate surface area is 147 Å². The second kappa shape index (κ2) is 7.51. The molecule has 1 fully saturated rings. The quantitative estimate of drug-likeness (QED) is 0.906. The number of rotatable bonds is 5. The highest BCUT2D eigenvalue weighted by Crippen LogP contribution is 2.17. The maximum Gasteiger partial charge on any atom is 0.239 e. The first-order valence-electron chi connectivity index (χ1n) is 8.70. The second-order valence-electron chi connectivity index (χ2n) is 6.52. The summed E-state index contributed by atoms with van der Waals surface area (Å²) in [6.45, 7) is 5.20. The van der Waals surface area contributed by atoms with E-state index in [0.29, 0.717) is 19.5 Å². The fourth-order valence-corrected chi connectivity index (χ4v) is 3.19. The van der Waals surface area contributed by atoms with Gasteiger partial charge in [0.15, 0.2) is 0 Å². The van der Waals surface area contributed by atoms with Gasteiger partial charge in [0, 0.05) is 25.2 Å². The summed E-state index contributed by atoms with van der Waals surface area (Å²) in [5.41, 5.74) is 3.96. The highest BCUT2D eigenvalue weighted by atomic mass is 16.2. The summed E-state index contributed by atoms with van der Waals surface area (Å²) in [5, 5.41) is 7.45. The number of likely N-dealkylation sites (tertiary alicyclic amines) is 1. The number of nitrogens with one attached hydrogen (secondary N) is 1. The van der Waals surface area contributed by atoms with Crippen molar-refractivity contribution in [3.05, 3.63) is 47.3 Å². The van der Waals surface area contributed by atoms with E-state index < -0.39 is 0 Å². The smallest absolute Gasteiger partial charge is 0.239 e. The number of benzene rings is 1. The number of carbonyl (C=O) groups is 2. The van der Waals surface area contributed by atoms with Crippen LogP contribution in [0.2, 0.25) is 0 Å². The Morgan fingerprint density at radius 3 is 2.76 bits per heavy atom. The van der Waals surface area contributed by atoms with Crippen LogP contribution < -0.4 is 5.32 Å². The van der Waals surface area contributed by atoms with Gasteiger partial charge in [-0.25, -0.2) is 4.68 Å². The van der Waals surface area contributed by atoms with Crippen LogP contribution in [0.25, 0.3) is 5.69 Å². The largest absolute Gasteiger partial charge is 0.350 e. The van der Waals surface area contributed by atoms with Crippen LogP contribution in [0, 0.1) is 13.8 Å². The Kier molecular flexibility index (Phi) is 5.16. The lowest BCUT2D eigenvalue weighted by molar-refractivity contribution is -0.137. The molecule has 1 aromatic heterocycles. The molecule has 0 bridgehead atoms. The lowest BCUT2D eigenvalue weighted by atomic mass is 10.1. The summed E-state index contributed by atoms with van der Waals surface area (Å²) >= 11 is 0. The molecule has 1 N–H and O–H groups in total. The van der Waals surface area contributed by atoms with Crippen LogP contribution in [-0.2, 0) is 16.1 Å². The van der Waals surface area contributed by atoms with Crippen molar-refractivity contribution in [2.24, 2.45) is 0 Å². The van der Waals surface area contributed by atoms with Crippen LogP contribution in [0.1, 0.15) is 36.2 Å². The molecule has 6 nitrogen and oxygen atoms in total.